The summed E-state index contributed by atoms with van der Waals surface area (Å²) >= 11 is 0. The van der Waals surface area contributed by atoms with Crippen molar-refractivity contribution in [1.29, 1.82) is 0 Å². The summed E-state index contributed by atoms with van der Waals surface area (Å²) in [5.74, 6) is 0. The summed E-state index contributed by atoms with van der Waals surface area (Å²) < 4.78 is 0. The minimum atomic E-state index is 0. The maximum Gasteiger partial charge on any atom is 0.187 e. The molecule has 0 spiro atoms. The average molecular weight is 338 g/mol. The van der Waals surface area contributed by atoms with E-state index < -0.39 is 0 Å². The predicted molar refractivity (Wildman–Crippen MR) is 13.6 cm³/mol. The fraction of sp³-hybridized carbons (Fsp3) is 0. The monoisotopic (exact) mass is 337 g/mol. The zero-order valence-electron chi connectivity index (χ0n) is 2.18. The second-order valence-corrected chi connectivity index (χ2v) is 0. The third-order valence-corrected chi connectivity index (χ3v) is 0. The summed E-state index contributed by atoms with van der Waals surface area (Å²) in [5, 5.41) is 0. The number of rotatable bonds is 0. The Hall–Kier alpha value is 3.01. The van der Waals surface area contributed by atoms with Gasteiger partial charge in [0, 0.05) is 83.6 Å². The van der Waals surface area contributed by atoms with Crippen LogP contribution in [0.15, 0.2) is 0 Å². The molecular weight excluding hydrogens is 333 g/mol. The van der Waals surface area contributed by atoms with Crippen LogP contribution < -0.4 is 0 Å². The van der Waals surface area contributed by atoms with Gasteiger partial charge in [-0.1, -0.05) is 0 Å². The molecule has 0 heterocycles. The van der Waals surface area contributed by atoms with Crippen LogP contribution in [0.2, 0.25) is 0 Å². The van der Waals surface area contributed by atoms with E-state index in [1.165, 1.54) is 0 Å². The van der Waals surface area contributed by atoms with Gasteiger partial charge in [0.1, 0.15) is 0 Å². The molecule has 0 aromatic carbocycles. The van der Waals surface area contributed by atoms with E-state index >= 15 is 0 Å². The molecule has 0 aromatic rings. The fourth-order valence-electron chi connectivity index (χ4n) is 0. The minimum Gasteiger partial charge on any atom is -0.412 e. The summed E-state index contributed by atoms with van der Waals surface area (Å²) in [6.45, 7) is 0. The van der Waals surface area contributed by atoms with Gasteiger partial charge >= 0.3 is 0 Å². The third-order valence-electron chi connectivity index (χ3n) is 0. The van der Waals surface area contributed by atoms with Gasteiger partial charge in [-0.25, -0.2) is 0 Å². The van der Waals surface area contributed by atoms with Gasteiger partial charge in [0.05, 0.1) is 0 Å². The van der Waals surface area contributed by atoms with Crippen LogP contribution >= 0.6 is 0 Å². The van der Waals surface area contributed by atoms with Crippen LogP contribution in [0.5, 0.6) is 0 Å². The molecule has 0 atom stereocenters. The SMILES string of the molecule is O.[AlH3].[Co].[Co].[Mn].[Ni].[Ni]. The molecule has 0 fully saturated rings. The molecular formula is H5AlCo2MnNi2O. The van der Waals surface area contributed by atoms with E-state index in [-0.39, 0.29) is 106 Å². The first-order chi connectivity index (χ1) is 0. The van der Waals surface area contributed by atoms with Crippen molar-refractivity contribution in [1.82, 2.24) is 0 Å². The fourth-order valence-corrected chi connectivity index (χ4v) is 0. The number of hydrogen-bond donors (Lipinski definition) is 0. The maximum atomic E-state index is 0. The van der Waals surface area contributed by atoms with Gasteiger partial charge in [-0.2, -0.15) is 0 Å². The van der Waals surface area contributed by atoms with Crippen molar-refractivity contribution in [3.05, 3.63) is 0 Å². The normalized spacial score (nSPS) is 0. The first-order valence-corrected chi connectivity index (χ1v) is 0. The van der Waals surface area contributed by atoms with E-state index in [0.29, 0.717) is 0 Å². The van der Waals surface area contributed by atoms with Crippen LogP contribution in [-0.4, -0.2) is 22.8 Å². The van der Waals surface area contributed by atoms with Crippen molar-refractivity contribution in [2.75, 3.05) is 0 Å². The van der Waals surface area contributed by atoms with Crippen molar-refractivity contribution in [3.63, 3.8) is 0 Å². The molecule has 0 aromatic heterocycles. The Kier molecular flexibility index (Phi) is 817. The van der Waals surface area contributed by atoms with Crippen molar-refractivity contribution in [2.24, 2.45) is 0 Å². The van der Waals surface area contributed by atoms with Crippen LogP contribution in [0.1, 0.15) is 0 Å². The topological polar surface area (TPSA) is 31.5 Å². The molecule has 0 aliphatic heterocycles. The van der Waals surface area contributed by atoms with Crippen molar-refractivity contribution in [2.45, 2.75) is 0 Å². The molecule has 3 radical (unpaired) electrons. The maximum absolute atomic E-state index is 0. The van der Waals surface area contributed by atoms with Crippen LogP contribution in [0.4, 0.5) is 0 Å². The molecule has 0 saturated heterocycles. The van der Waals surface area contributed by atoms with Gasteiger partial charge in [0.2, 0.25) is 0 Å². The standard InChI is InChI=1S/Al.2Co.Mn.2Ni.H2O.3H/h;;;;;;1H2;;;. The van der Waals surface area contributed by atoms with Gasteiger partial charge in [0.25, 0.3) is 0 Å². The molecule has 0 rings (SSSR count). The third kappa shape index (κ3) is 48.8. The minimum absolute atomic E-state index is 0. The first kappa shape index (κ1) is 89.6. The summed E-state index contributed by atoms with van der Waals surface area (Å²) in [4.78, 5) is 0. The second-order valence-electron chi connectivity index (χ2n) is 0. The smallest absolute Gasteiger partial charge is 0.187 e. The van der Waals surface area contributed by atoms with Gasteiger partial charge in [-0.05, 0) is 0 Å². The summed E-state index contributed by atoms with van der Waals surface area (Å²) in [6.07, 6.45) is 0. The largest absolute Gasteiger partial charge is 0.412 e. The average Bonchev–Trinajstić information content (AvgIpc) is 0. The Labute approximate surface area is 105 Å². The molecule has 0 aliphatic rings. The number of hydrogen-bond acceptors (Lipinski definition) is 0. The van der Waals surface area contributed by atoms with E-state index in [1.807, 2.05) is 0 Å². The molecule has 0 amide bonds. The quantitative estimate of drug-likeness (QED) is 0.457. The van der Waals surface area contributed by atoms with Crippen LogP contribution in [-0.2, 0) is 83.6 Å². The Balaban J connectivity index is 0. The van der Waals surface area contributed by atoms with Crippen LogP contribution in [0.3, 0.4) is 0 Å². The van der Waals surface area contributed by atoms with Gasteiger partial charge in [-0.3, -0.25) is 0 Å². The molecule has 0 unspecified atom stereocenters. The van der Waals surface area contributed by atoms with Gasteiger partial charge < -0.3 is 5.48 Å². The zero-order valence-corrected chi connectivity index (χ0v) is 7.41. The molecule has 0 bridgehead atoms. The van der Waals surface area contributed by atoms with E-state index in [4.69, 9.17) is 0 Å². The van der Waals surface area contributed by atoms with Crippen molar-refractivity contribution >= 4 is 17.4 Å². The molecule has 59 valence electrons. The summed E-state index contributed by atoms with van der Waals surface area (Å²) in [7, 11) is 0. The van der Waals surface area contributed by atoms with E-state index in [9.17, 15) is 0 Å². The Morgan fingerprint density at radius 2 is 0.714 bits per heavy atom. The Morgan fingerprint density at radius 1 is 0.714 bits per heavy atom. The molecule has 7 heteroatoms. The molecule has 7 heavy (non-hydrogen) atoms. The molecule has 2 N–H and O–H groups in total. The molecule has 0 saturated carbocycles. The molecule has 0 aliphatic carbocycles. The zero-order chi connectivity index (χ0) is 0. The van der Waals surface area contributed by atoms with E-state index in [2.05, 4.69) is 0 Å². The van der Waals surface area contributed by atoms with E-state index in [1.54, 1.807) is 0 Å². The first-order valence-electron chi connectivity index (χ1n) is 0. The predicted octanol–water partition coefficient (Wildman–Crippen LogP) is -2.02. The van der Waals surface area contributed by atoms with Crippen LogP contribution in [0, 0.1) is 0 Å². The summed E-state index contributed by atoms with van der Waals surface area (Å²) in [6, 6.07) is 0. The Bertz CT molecular complexity index is 15.7. The Morgan fingerprint density at radius 3 is 0.714 bits per heavy atom. The van der Waals surface area contributed by atoms with E-state index in [0.717, 1.165) is 0 Å². The van der Waals surface area contributed by atoms with Gasteiger partial charge in [-0.15, -0.1) is 0 Å². The van der Waals surface area contributed by atoms with Crippen molar-refractivity contribution in [3.8, 4) is 0 Å². The van der Waals surface area contributed by atoms with Crippen molar-refractivity contribution < 1.29 is 89.1 Å². The van der Waals surface area contributed by atoms with Gasteiger partial charge in [0.15, 0.2) is 17.4 Å². The van der Waals surface area contributed by atoms with Crippen LogP contribution in [0.25, 0.3) is 0 Å². The molecule has 1 nitrogen and oxygen atoms in total. The second kappa shape index (κ2) is 63.8. The summed E-state index contributed by atoms with van der Waals surface area (Å²) in [5.41, 5.74) is 0.